The second kappa shape index (κ2) is 5.31. The van der Waals surface area contributed by atoms with Crippen molar-refractivity contribution in [3.63, 3.8) is 0 Å². The van der Waals surface area contributed by atoms with E-state index in [0.29, 0.717) is 5.69 Å². The van der Waals surface area contributed by atoms with E-state index in [-0.39, 0.29) is 23.8 Å². The van der Waals surface area contributed by atoms with Crippen molar-refractivity contribution in [1.29, 1.82) is 0 Å². The largest absolute Gasteiger partial charge is 0.507 e. The number of carboxylic acids is 1. The van der Waals surface area contributed by atoms with Crippen LogP contribution in [-0.4, -0.2) is 47.6 Å². The van der Waals surface area contributed by atoms with E-state index >= 15 is 0 Å². The summed E-state index contributed by atoms with van der Waals surface area (Å²) in [4.78, 5) is 23.7. The van der Waals surface area contributed by atoms with Gasteiger partial charge in [-0.25, -0.2) is 4.79 Å². The fourth-order valence-electron chi connectivity index (χ4n) is 1.28. The van der Waals surface area contributed by atoms with Gasteiger partial charge in [0.25, 0.3) is 0 Å². The summed E-state index contributed by atoms with van der Waals surface area (Å²) < 4.78 is 0. The highest BCUT2D eigenvalue weighted by Crippen LogP contribution is 2.21. The second-order valence-corrected chi connectivity index (χ2v) is 3.82. The third kappa shape index (κ3) is 3.76. The SMILES string of the molecule is CN(C)CC(=O)Nc1ccc(C(=O)O)c(O)c1. The van der Waals surface area contributed by atoms with Crippen LogP contribution in [-0.2, 0) is 4.79 Å². The van der Waals surface area contributed by atoms with Gasteiger partial charge in [0.1, 0.15) is 11.3 Å². The molecule has 0 saturated heterocycles. The summed E-state index contributed by atoms with van der Waals surface area (Å²) in [5, 5.41) is 20.7. The van der Waals surface area contributed by atoms with Gasteiger partial charge in [0.2, 0.25) is 5.91 Å². The van der Waals surface area contributed by atoms with Gasteiger partial charge in [0.05, 0.1) is 6.54 Å². The molecule has 0 fully saturated rings. The number of phenols is 1. The van der Waals surface area contributed by atoms with Crippen molar-refractivity contribution in [3.8, 4) is 5.75 Å². The van der Waals surface area contributed by atoms with Gasteiger partial charge in [-0.2, -0.15) is 0 Å². The number of carbonyl (C=O) groups is 2. The molecular weight excluding hydrogens is 224 g/mol. The first-order valence-corrected chi connectivity index (χ1v) is 4.91. The molecule has 0 aliphatic carbocycles. The van der Waals surface area contributed by atoms with E-state index in [1.165, 1.54) is 18.2 Å². The molecule has 0 bridgehead atoms. The predicted molar refractivity (Wildman–Crippen MR) is 62.2 cm³/mol. The van der Waals surface area contributed by atoms with Gasteiger partial charge in [0.15, 0.2) is 0 Å². The second-order valence-electron chi connectivity index (χ2n) is 3.82. The molecule has 1 aromatic rings. The van der Waals surface area contributed by atoms with E-state index in [2.05, 4.69) is 5.32 Å². The molecule has 0 heterocycles. The molecule has 0 saturated carbocycles. The van der Waals surface area contributed by atoms with Crippen LogP contribution in [0.3, 0.4) is 0 Å². The topological polar surface area (TPSA) is 89.9 Å². The molecule has 3 N–H and O–H groups in total. The van der Waals surface area contributed by atoms with Gasteiger partial charge in [-0.3, -0.25) is 4.79 Å². The molecule has 6 nitrogen and oxygen atoms in total. The third-order valence-corrected chi connectivity index (χ3v) is 1.97. The quantitative estimate of drug-likeness (QED) is 0.714. The van der Waals surface area contributed by atoms with Crippen molar-refractivity contribution in [1.82, 2.24) is 4.90 Å². The van der Waals surface area contributed by atoms with Gasteiger partial charge >= 0.3 is 5.97 Å². The van der Waals surface area contributed by atoms with Crippen molar-refractivity contribution in [2.75, 3.05) is 26.0 Å². The maximum atomic E-state index is 11.4. The Morgan fingerprint density at radius 2 is 2.00 bits per heavy atom. The molecule has 1 aromatic carbocycles. The number of carboxylic acid groups (broad SMARTS) is 1. The fraction of sp³-hybridized carbons (Fsp3) is 0.273. The Morgan fingerprint density at radius 1 is 1.35 bits per heavy atom. The highest BCUT2D eigenvalue weighted by molar-refractivity contribution is 5.95. The van der Waals surface area contributed by atoms with E-state index in [9.17, 15) is 14.7 Å². The summed E-state index contributed by atoms with van der Waals surface area (Å²) in [5.74, 6) is -1.83. The van der Waals surface area contributed by atoms with Crippen LogP contribution in [0.5, 0.6) is 5.75 Å². The Labute approximate surface area is 98.5 Å². The Kier molecular flexibility index (Phi) is 4.06. The summed E-state index contributed by atoms with van der Waals surface area (Å²) in [6.07, 6.45) is 0. The Balaban J connectivity index is 2.77. The minimum absolute atomic E-state index is 0.199. The molecular formula is C11H14N2O4. The Bertz CT molecular complexity index is 443. The summed E-state index contributed by atoms with van der Waals surface area (Å²) in [6, 6.07) is 3.87. The number of hydrogen-bond donors (Lipinski definition) is 3. The monoisotopic (exact) mass is 238 g/mol. The van der Waals surface area contributed by atoms with Crippen LogP contribution in [0, 0.1) is 0 Å². The zero-order valence-corrected chi connectivity index (χ0v) is 9.60. The first kappa shape index (κ1) is 13.0. The van der Waals surface area contributed by atoms with E-state index in [4.69, 9.17) is 5.11 Å². The molecule has 0 unspecified atom stereocenters. The molecule has 17 heavy (non-hydrogen) atoms. The standard InChI is InChI=1S/C11H14N2O4/c1-13(2)6-10(15)12-7-3-4-8(11(16)17)9(14)5-7/h3-5,14H,6H2,1-2H3,(H,12,15)(H,16,17). The molecule has 92 valence electrons. The molecule has 0 aliphatic heterocycles. The molecule has 1 rings (SSSR count). The number of nitrogens with zero attached hydrogens (tertiary/aromatic N) is 1. The van der Waals surface area contributed by atoms with Crippen molar-refractivity contribution >= 4 is 17.6 Å². The van der Waals surface area contributed by atoms with Gasteiger partial charge in [-0.1, -0.05) is 0 Å². The van der Waals surface area contributed by atoms with Crippen LogP contribution in [0.1, 0.15) is 10.4 Å². The maximum absolute atomic E-state index is 11.4. The lowest BCUT2D eigenvalue weighted by Crippen LogP contribution is -2.27. The first-order valence-electron chi connectivity index (χ1n) is 4.91. The number of nitrogens with one attached hydrogen (secondary N) is 1. The number of rotatable bonds is 4. The van der Waals surface area contributed by atoms with Crippen LogP contribution in [0.25, 0.3) is 0 Å². The lowest BCUT2D eigenvalue weighted by atomic mass is 10.2. The zero-order valence-electron chi connectivity index (χ0n) is 9.60. The molecule has 6 heteroatoms. The third-order valence-electron chi connectivity index (χ3n) is 1.97. The van der Waals surface area contributed by atoms with Gasteiger partial charge in [-0.15, -0.1) is 0 Å². The minimum Gasteiger partial charge on any atom is -0.507 e. The Hall–Kier alpha value is -2.08. The molecule has 0 aliphatic rings. The van der Waals surface area contributed by atoms with E-state index in [1.54, 1.807) is 19.0 Å². The van der Waals surface area contributed by atoms with Crippen LogP contribution < -0.4 is 5.32 Å². The number of benzene rings is 1. The van der Waals surface area contributed by atoms with Crippen molar-refractivity contribution in [2.45, 2.75) is 0 Å². The molecule has 1 amide bonds. The number of carbonyl (C=O) groups excluding carboxylic acids is 1. The Morgan fingerprint density at radius 3 is 2.47 bits per heavy atom. The zero-order chi connectivity index (χ0) is 13.0. The van der Waals surface area contributed by atoms with Crippen LogP contribution in [0.4, 0.5) is 5.69 Å². The molecule has 0 radical (unpaired) electrons. The number of anilines is 1. The van der Waals surface area contributed by atoms with Crippen molar-refractivity contribution < 1.29 is 19.8 Å². The lowest BCUT2D eigenvalue weighted by molar-refractivity contribution is -0.116. The molecule has 0 aromatic heterocycles. The van der Waals surface area contributed by atoms with Gasteiger partial charge in [-0.05, 0) is 26.2 Å². The summed E-state index contributed by atoms with van der Waals surface area (Å²) in [7, 11) is 3.51. The normalized spacial score (nSPS) is 10.3. The number of aromatic carboxylic acids is 1. The van der Waals surface area contributed by atoms with Gasteiger partial charge in [0, 0.05) is 11.8 Å². The average molecular weight is 238 g/mol. The summed E-state index contributed by atoms with van der Waals surface area (Å²) in [6.45, 7) is 0.210. The fourth-order valence-corrected chi connectivity index (χ4v) is 1.28. The molecule has 0 atom stereocenters. The summed E-state index contributed by atoms with van der Waals surface area (Å²) >= 11 is 0. The summed E-state index contributed by atoms with van der Waals surface area (Å²) in [5.41, 5.74) is 0.162. The van der Waals surface area contributed by atoms with E-state index < -0.39 is 5.97 Å². The average Bonchev–Trinajstić information content (AvgIpc) is 2.15. The van der Waals surface area contributed by atoms with Crippen molar-refractivity contribution in [3.05, 3.63) is 23.8 Å². The number of likely N-dealkylation sites (N-methyl/N-ethyl adjacent to an activating group) is 1. The van der Waals surface area contributed by atoms with E-state index in [0.717, 1.165) is 0 Å². The van der Waals surface area contributed by atoms with Crippen LogP contribution in [0.15, 0.2) is 18.2 Å². The van der Waals surface area contributed by atoms with Crippen LogP contribution in [0.2, 0.25) is 0 Å². The lowest BCUT2D eigenvalue weighted by Gasteiger charge is -2.10. The maximum Gasteiger partial charge on any atom is 0.339 e. The first-order chi connectivity index (χ1) is 7.90. The van der Waals surface area contributed by atoms with Crippen molar-refractivity contribution in [2.24, 2.45) is 0 Å². The minimum atomic E-state index is -1.21. The van der Waals surface area contributed by atoms with E-state index in [1.807, 2.05) is 0 Å². The number of amides is 1. The van der Waals surface area contributed by atoms with Gasteiger partial charge < -0.3 is 20.4 Å². The smallest absolute Gasteiger partial charge is 0.339 e. The molecule has 0 spiro atoms. The number of aromatic hydroxyl groups is 1. The predicted octanol–water partition coefficient (Wildman–Crippen LogP) is 0.590. The van der Waals surface area contributed by atoms with Crippen LogP contribution >= 0.6 is 0 Å². The highest BCUT2D eigenvalue weighted by atomic mass is 16.4. The highest BCUT2D eigenvalue weighted by Gasteiger charge is 2.11. The number of hydrogen-bond acceptors (Lipinski definition) is 4.